The Kier molecular flexibility index (Phi) is 4.85. The van der Waals surface area contributed by atoms with Crippen LogP contribution in [0.25, 0.3) is 0 Å². The fourth-order valence-electron chi connectivity index (χ4n) is 3.50. The van der Waals surface area contributed by atoms with E-state index in [9.17, 15) is 5.11 Å². The summed E-state index contributed by atoms with van der Waals surface area (Å²) in [6, 6.07) is 4.38. The van der Waals surface area contributed by atoms with E-state index in [0.717, 1.165) is 36.2 Å². The van der Waals surface area contributed by atoms with Gasteiger partial charge in [-0.05, 0) is 46.8 Å². The zero-order valence-corrected chi connectivity index (χ0v) is 15.5. The van der Waals surface area contributed by atoms with Gasteiger partial charge < -0.3 is 14.9 Å². The fraction of sp³-hybridized carbons (Fsp3) is 0.556. The van der Waals surface area contributed by atoms with Gasteiger partial charge in [0.2, 0.25) is 5.95 Å². The second-order valence-electron chi connectivity index (χ2n) is 6.91. The van der Waals surface area contributed by atoms with E-state index in [1.165, 1.54) is 0 Å². The lowest BCUT2D eigenvalue weighted by Crippen LogP contribution is -2.57. The third kappa shape index (κ3) is 3.71. The van der Waals surface area contributed by atoms with Crippen molar-refractivity contribution < 1.29 is 5.11 Å². The lowest BCUT2D eigenvalue weighted by atomic mass is 10.1. The number of anilines is 2. The van der Waals surface area contributed by atoms with E-state index in [0.29, 0.717) is 5.82 Å². The van der Waals surface area contributed by atoms with Crippen molar-refractivity contribution in [2.75, 3.05) is 22.9 Å². The molecule has 3 heterocycles. The highest BCUT2D eigenvalue weighted by atomic mass is 16.3. The molecular weight excluding hydrogens is 316 g/mol. The van der Waals surface area contributed by atoms with Crippen LogP contribution in [0.5, 0.6) is 0 Å². The van der Waals surface area contributed by atoms with Crippen LogP contribution >= 0.6 is 0 Å². The molecule has 25 heavy (non-hydrogen) atoms. The summed E-state index contributed by atoms with van der Waals surface area (Å²) in [6.07, 6.45) is 1.04. The summed E-state index contributed by atoms with van der Waals surface area (Å²) < 4.78 is 0. The molecular formula is C18H26N6O. The summed E-state index contributed by atoms with van der Waals surface area (Å²) in [7, 11) is 0. The summed E-state index contributed by atoms with van der Waals surface area (Å²) in [4.78, 5) is 22.4. The van der Waals surface area contributed by atoms with Gasteiger partial charge in [-0.3, -0.25) is 0 Å². The Labute approximate surface area is 148 Å². The molecule has 134 valence electrons. The van der Waals surface area contributed by atoms with Crippen LogP contribution in [0.15, 0.2) is 18.3 Å². The number of aliphatic hydroxyl groups is 1. The number of piperazine rings is 1. The minimum atomic E-state index is -0.671. The number of nitrogens with zero attached hydrogens (tertiary/aromatic N) is 6. The van der Waals surface area contributed by atoms with Crippen molar-refractivity contribution in [2.45, 2.75) is 52.8 Å². The first kappa shape index (κ1) is 17.5. The van der Waals surface area contributed by atoms with Crippen LogP contribution in [-0.4, -0.2) is 50.2 Å². The van der Waals surface area contributed by atoms with Gasteiger partial charge in [0, 0.05) is 42.8 Å². The van der Waals surface area contributed by atoms with Crippen LogP contribution in [0.4, 0.5) is 11.8 Å². The Hall–Kier alpha value is -2.28. The van der Waals surface area contributed by atoms with E-state index in [4.69, 9.17) is 0 Å². The number of aliphatic hydroxyl groups excluding tert-OH is 1. The maximum Gasteiger partial charge on any atom is 0.225 e. The summed E-state index contributed by atoms with van der Waals surface area (Å²) >= 11 is 0. The van der Waals surface area contributed by atoms with Crippen LogP contribution in [0.2, 0.25) is 0 Å². The zero-order chi connectivity index (χ0) is 18.1. The summed E-state index contributed by atoms with van der Waals surface area (Å²) in [5.74, 6) is 2.10. The van der Waals surface area contributed by atoms with E-state index in [-0.39, 0.29) is 12.1 Å². The summed E-state index contributed by atoms with van der Waals surface area (Å²) in [6.45, 7) is 11.7. The average molecular weight is 342 g/mol. The van der Waals surface area contributed by atoms with Crippen LogP contribution in [0, 0.1) is 13.8 Å². The highest BCUT2D eigenvalue weighted by Gasteiger charge is 2.32. The predicted molar refractivity (Wildman–Crippen MR) is 97.8 cm³/mol. The van der Waals surface area contributed by atoms with Gasteiger partial charge in [-0.2, -0.15) is 0 Å². The van der Waals surface area contributed by atoms with Crippen molar-refractivity contribution in [3.8, 4) is 0 Å². The maximum atomic E-state index is 9.75. The molecule has 0 bridgehead atoms. The monoisotopic (exact) mass is 342 g/mol. The second kappa shape index (κ2) is 6.92. The smallest absolute Gasteiger partial charge is 0.225 e. The van der Waals surface area contributed by atoms with E-state index in [1.807, 2.05) is 26.0 Å². The first-order valence-electron chi connectivity index (χ1n) is 8.71. The van der Waals surface area contributed by atoms with E-state index >= 15 is 0 Å². The molecule has 7 heteroatoms. The van der Waals surface area contributed by atoms with Crippen molar-refractivity contribution in [2.24, 2.45) is 0 Å². The van der Waals surface area contributed by atoms with Gasteiger partial charge in [-0.25, -0.2) is 19.9 Å². The Morgan fingerprint density at radius 2 is 1.68 bits per heavy atom. The fourth-order valence-corrected chi connectivity index (χ4v) is 3.50. The van der Waals surface area contributed by atoms with Gasteiger partial charge in [-0.15, -0.1) is 0 Å². The first-order chi connectivity index (χ1) is 11.8. The molecule has 0 radical (unpaired) electrons. The van der Waals surface area contributed by atoms with Crippen molar-refractivity contribution in [1.29, 1.82) is 0 Å². The molecule has 1 aliphatic heterocycles. The molecule has 2 aromatic heterocycles. The number of hydrogen-bond acceptors (Lipinski definition) is 7. The Morgan fingerprint density at radius 3 is 2.24 bits per heavy atom. The van der Waals surface area contributed by atoms with Gasteiger partial charge in [0.25, 0.3) is 0 Å². The summed E-state index contributed by atoms with van der Waals surface area (Å²) in [5, 5.41) is 9.75. The molecule has 0 saturated carbocycles. The molecule has 3 unspecified atom stereocenters. The van der Waals surface area contributed by atoms with E-state index < -0.39 is 6.10 Å². The first-order valence-corrected chi connectivity index (χ1v) is 8.71. The Bertz CT molecular complexity index is 718. The quantitative estimate of drug-likeness (QED) is 0.914. The molecule has 0 aliphatic carbocycles. The zero-order valence-electron chi connectivity index (χ0n) is 15.5. The maximum absolute atomic E-state index is 9.75. The molecule has 1 aliphatic rings. The van der Waals surface area contributed by atoms with Crippen LogP contribution in [0.1, 0.15) is 44.1 Å². The SMILES string of the molecule is Cc1cc(C)nc(N2CC(C)N(c3ccnc(C(C)O)n3)C(C)C2)n1. The number of aryl methyl sites for hydroxylation is 2. The largest absolute Gasteiger partial charge is 0.385 e. The highest BCUT2D eigenvalue weighted by Crippen LogP contribution is 2.25. The summed E-state index contributed by atoms with van der Waals surface area (Å²) in [5.41, 5.74) is 1.98. The van der Waals surface area contributed by atoms with Crippen molar-refractivity contribution >= 4 is 11.8 Å². The van der Waals surface area contributed by atoms with Crippen molar-refractivity contribution in [3.63, 3.8) is 0 Å². The normalized spacial score (nSPS) is 22.2. The van der Waals surface area contributed by atoms with Gasteiger partial charge in [0.15, 0.2) is 5.82 Å². The molecule has 3 atom stereocenters. The highest BCUT2D eigenvalue weighted by molar-refractivity contribution is 5.45. The van der Waals surface area contributed by atoms with E-state index in [1.54, 1.807) is 13.1 Å². The lowest BCUT2D eigenvalue weighted by molar-refractivity contribution is 0.189. The van der Waals surface area contributed by atoms with Crippen LogP contribution in [0.3, 0.4) is 0 Å². The van der Waals surface area contributed by atoms with Crippen molar-refractivity contribution in [3.05, 3.63) is 35.5 Å². The van der Waals surface area contributed by atoms with Crippen molar-refractivity contribution in [1.82, 2.24) is 19.9 Å². The van der Waals surface area contributed by atoms with Crippen LogP contribution in [-0.2, 0) is 0 Å². The standard InChI is InChI=1S/C18H26N6O/c1-11-8-12(2)21-18(20-11)23-9-13(3)24(14(4)10-23)16-6-7-19-17(22-16)15(5)25/h6-8,13-15,25H,9-10H2,1-5H3. The van der Waals surface area contributed by atoms with Gasteiger partial charge in [-0.1, -0.05) is 0 Å². The van der Waals surface area contributed by atoms with Crippen LogP contribution < -0.4 is 9.80 Å². The molecule has 1 fully saturated rings. The molecule has 0 aromatic carbocycles. The number of hydrogen-bond donors (Lipinski definition) is 1. The molecule has 3 rings (SSSR count). The minimum absolute atomic E-state index is 0.241. The lowest BCUT2D eigenvalue weighted by Gasteiger charge is -2.45. The minimum Gasteiger partial charge on any atom is -0.385 e. The average Bonchev–Trinajstić information content (AvgIpc) is 2.53. The molecule has 7 nitrogen and oxygen atoms in total. The van der Waals surface area contributed by atoms with Gasteiger partial charge >= 0.3 is 0 Å². The van der Waals surface area contributed by atoms with E-state index in [2.05, 4.69) is 43.6 Å². The molecule has 1 N–H and O–H groups in total. The number of rotatable bonds is 3. The third-order valence-electron chi connectivity index (χ3n) is 4.47. The molecule has 1 saturated heterocycles. The number of aromatic nitrogens is 4. The van der Waals surface area contributed by atoms with Gasteiger partial charge in [0.05, 0.1) is 0 Å². The predicted octanol–water partition coefficient (Wildman–Crippen LogP) is 2.04. The molecule has 2 aromatic rings. The van der Waals surface area contributed by atoms with Gasteiger partial charge in [0.1, 0.15) is 11.9 Å². The molecule has 0 amide bonds. The Morgan fingerprint density at radius 1 is 1.08 bits per heavy atom. The molecule has 0 spiro atoms. The third-order valence-corrected chi connectivity index (χ3v) is 4.47. The second-order valence-corrected chi connectivity index (χ2v) is 6.91. The topological polar surface area (TPSA) is 78.3 Å². The Balaban J connectivity index is 1.84.